The van der Waals surface area contributed by atoms with E-state index >= 15 is 0 Å². The normalized spacial score (nSPS) is 24.8. The Balaban J connectivity index is 1.66. The number of pyridine rings is 1. The molecule has 1 N–H and O–H groups in total. The van der Waals surface area contributed by atoms with E-state index in [4.69, 9.17) is 18.6 Å². The van der Waals surface area contributed by atoms with Crippen LogP contribution in [0.5, 0.6) is 5.88 Å². The molecule has 2 fully saturated rings. The second-order valence-corrected chi connectivity index (χ2v) is 12.1. The van der Waals surface area contributed by atoms with Crippen LogP contribution in [0, 0.1) is 11.3 Å². The summed E-state index contributed by atoms with van der Waals surface area (Å²) < 4.78 is 64.0. The third-order valence-corrected chi connectivity index (χ3v) is 8.27. The van der Waals surface area contributed by atoms with Crippen molar-refractivity contribution in [3.63, 3.8) is 0 Å². The number of halogens is 3. The number of carboxylic acid groups (broad SMARTS) is 1. The topological polar surface area (TPSA) is 111 Å². The molecular formula is C31H35F3N2O7. The second-order valence-electron chi connectivity index (χ2n) is 12.1. The van der Waals surface area contributed by atoms with Gasteiger partial charge < -0.3 is 28.6 Å². The van der Waals surface area contributed by atoms with Crippen LogP contribution < -0.4 is 4.74 Å². The first-order valence-corrected chi connectivity index (χ1v) is 14.2. The minimum absolute atomic E-state index is 0.0345. The van der Waals surface area contributed by atoms with Crippen molar-refractivity contribution in [3.8, 4) is 5.88 Å². The number of rotatable bonds is 7. The summed E-state index contributed by atoms with van der Waals surface area (Å²) in [5.74, 6) is -2.52. The van der Waals surface area contributed by atoms with Gasteiger partial charge in [0.2, 0.25) is 5.88 Å². The van der Waals surface area contributed by atoms with E-state index in [1.165, 1.54) is 18.3 Å². The maximum absolute atomic E-state index is 14.2. The summed E-state index contributed by atoms with van der Waals surface area (Å²) in [7, 11) is 1.29. The smallest absolute Gasteiger partial charge is 0.417 e. The number of fused-ring (bicyclic) bond motifs is 1. The molecule has 5 atom stereocenters. The number of aliphatic carboxylic acids is 1. The first-order valence-electron chi connectivity index (χ1n) is 14.2. The molecule has 0 saturated carbocycles. The van der Waals surface area contributed by atoms with Crippen LogP contribution in [0.1, 0.15) is 62.8 Å². The maximum atomic E-state index is 14.2. The second kappa shape index (κ2) is 11.8. The Hall–Kier alpha value is -3.64. The molecule has 4 heterocycles. The zero-order chi connectivity index (χ0) is 31.1. The highest BCUT2D eigenvalue weighted by molar-refractivity contribution is 5.89. The molecule has 2 aliphatic rings. The SMILES string of the molecule is COc1ncc(C(F)(F)F)cc1CO[C@H]1[C@H](C(C)(C)C)[C@@H](C(=O)O)N(C(=O)[C@@H]2CCCCO2)[C@H]1c1cccc2ccoc12. The number of likely N-dealkylation sites (tertiary alicyclic amines) is 1. The molecule has 232 valence electrons. The molecule has 0 unspecified atom stereocenters. The number of carboxylic acids is 1. The van der Waals surface area contributed by atoms with Crippen LogP contribution in [-0.4, -0.2) is 58.8 Å². The van der Waals surface area contributed by atoms with Gasteiger partial charge in [-0.05, 0) is 36.8 Å². The average molecular weight is 605 g/mol. The Labute approximate surface area is 246 Å². The van der Waals surface area contributed by atoms with Crippen molar-refractivity contribution < 1.29 is 46.5 Å². The molecular weight excluding hydrogens is 569 g/mol. The van der Waals surface area contributed by atoms with Gasteiger partial charge >= 0.3 is 12.1 Å². The number of carbonyl (C=O) groups excluding carboxylic acids is 1. The molecule has 2 aromatic heterocycles. The predicted molar refractivity (Wildman–Crippen MR) is 148 cm³/mol. The number of hydrogen-bond acceptors (Lipinski definition) is 7. The summed E-state index contributed by atoms with van der Waals surface area (Å²) in [4.78, 5) is 32.4. The number of furan rings is 1. The number of aromatic nitrogens is 1. The lowest BCUT2D eigenvalue weighted by Crippen LogP contribution is -2.51. The molecule has 0 bridgehead atoms. The quantitative estimate of drug-likeness (QED) is 0.349. The zero-order valence-corrected chi connectivity index (χ0v) is 24.4. The molecule has 1 amide bonds. The van der Waals surface area contributed by atoms with Crippen LogP contribution in [-0.2, 0) is 31.8 Å². The monoisotopic (exact) mass is 604 g/mol. The number of nitrogens with zero attached hydrogens (tertiary/aromatic N) is 2. The van der Waals surface area contributed by atoms with Gasteiger partial charge in [0.1, 0.15) is 17.7 Å². The molecule has 3 aromatic rings. The fraction of sp³-hybridized carbons (Fsp3) is 0.516. The number of methoxy groups -OCH3 is 1. The first kappa shape index (κ1) is 30.8. The van der Waals surface area contributed by atoms with Crippen LogP contribution >= 0.6 is 0 Å². The van der Waals surface area contributed by atoms with Crippen molar-refractivity contribution in [2.24, 2.45) is 11.3 Å². The van der Waals surface area contributed by atoms with Crippen LogP contribution in [0.3, 0.4) is 0 Å². The van der Waals surface area contributed by atoms with Crippen molar-refractivity contribution >= 4 is 22.8 Å². The van der Waals surface area contributed by atoms with Gasteiger partial charge in [0.25, 0.3) is 5.91 Å². The summed E-state index contributed by atoms with van der Waals surface area (Å²) in [6, 6.07) is 5.76. The van der Waals surface area contributed by atoms with Crippen LogP contribution in [0.4, 0.5) is 13.2 Å². The number of ether oxygens (including phenoxy) is 3. The van der Waals surface area contributed by atoms with Gasteiger partial charge in [-0.15, -0.1) is 0 Å². The fourth-order valence-corrected chi connectivity index (χ4v) is 6.39. The molecule has 2 aliphatic heterocycles. The van der Waals surface area contributed by atoms with E-state index in [0.717, 1.165) is 24.3 Å². The number of amides is 1. The fourth-order valence-electron chi connectivity index (χ4n) is 6.39. The molecule has 2 saturated heterocycles. The lowest BCUT2D eigenvalue weighted by molar-refractivity contribution is -0.159. The Morgan fingerprint density at radius 2 is 1.93 bits per heavy atom. The number of para-hydroxylation sites is 1. The van der Waals surface area contributed by atoms with Crippen molar-refractivity contribution in [3.05, 3.63) is 59.5 Å². The molecule has 12 heteroatoms. The Kier molecular flexibility index (Phi) is 8.45. The molecule has 5 rings (SSSR count). The van der Waals surface area contributed by atoms with Crippen LogP contribution in [0.25, 0.3) is 11.0 Å². The Morgan fingerprint density at radius 1 is 1.16 bits per heavy atom. The van der Waals surface area contributed by atoms with Gasteiger partial charge in [0.15, 0.2) is 0 Å². The Morgan fingerprint density at radius 3 is 2.56 bits per heavy atom. The van der Waals surface area contributed by atoms with E-state index in [2.05, 4.69) is 4.98 Å². The highest BCUT2D eigenvalue weighted by Gasteiger charge is 2.60. The molecule has 0 spiro atoms. The number of benzene rings is 1. The van der Waals surface area contributed by atoms with E-state index in [0.29, 0.717) is 30.4 Å². The predicted octanol–water partition coefficient (Wildman–Crippen LogP) is 6.01. The lowest BCUT2D eigenvalue weighted by atomic mass is 9.73. The minimum Gasteiger partial charge on any atom is -0.481 e. The van der Waals surface area contributed by atoms with Gasteiger partial charge in [-0.25, -0.2) is 9.78 Å². The number of hydrogen-bond donors (Lipinski definition) is 1. The van der Waals surface area contributed by atoms with E-state index in [1.807, 2.05) is 26.8 Å². The van der Waals surface area contributed by atoms with E-state index in [1.54, 1.807) is 18.2 Å². The molecule has 9 nitrogen and oxygen atoms in total. The van der Waals surface area contributed by atoms with Gasteiger partial charge in [0.05, 0.1) is 37.7 Å². The first-order chi connectivity index (χ1) is 20.3. The minimum atomic E-state index is -4.65. The lowest BCUT2D eigenvalue weighted by Gasteiger charge is -2.35. The van der Waals surface area contributed by atoms with E-state index in [-0.39, 0.29) is 18.1 Å². The van der Waals surface area contributed by atoms with E-state index in [9.17, 15) is 27.9 Å². The molecule has 0 aliphatic carbocycles. The van der Waals surface area contributed by atoms with Crippen molar-refractivity contribution in [1.82, 2.24) is 9.88 Å². The molecule has 1 aromatic carbocycles. The van der Waals surface area contributed by atoms with Crippen molar-refractivity contribution in [1.29, 1.82) is 0 Å². The molecule has 0 radical (unpaired) electrons. The van der Waals surface area contributed by atoms with E-state index < -0.39 is 59.2 Å². The number of alkyl halides is 3. The highest BCUT2D eigenvalue weighted by Crippen LogP contribution is 2.51. The summed E-state index contributed by atoms with van der Waals surface area (Å²) in [6.07, 6.45) is -2.27. The largest absolute Gasteiger partial charge is 0.481 e. The third-order valence-electron chi connectivity index (χ3n) is 8.27. The maximum Gasteiger partial charge on any atom is 0.417 e. The Bertz CT molecular complexity index is 1480. The van der Waals surface area contributed by atoms with Crippen molar-refractivity contribution in [2.75, 3.05) is 13.7 Å². The van der Waals surface area contributed by atoms with Gasteiger partial charge in [0, 0.05) is 35.2 Å². The van der Waals surface area contributed by atoms with Crippen molar-refractivity contribution in [2.45, 2.75) is 77.1 Å². The zero-order valence-electron chi connectivity index (χ0n) is 24.4. The molecule has 43 heavy (non-hydrogen) atoms. The van der Waals surface area contributed by atoms with Crippen LogP contribution in [0.2, 0.25) is 0 Å². The average Bonchev–Trinajstić information content (AvgIpc) is 3.58. The highest BCUT2D eigenvalue weighted by atomic mass is 19.4. The van der Waals surface area contributed by atoms with Gasteiger partial charge in [-0.2, -0.15) is 13.2 Å². The summed E-state index contributed by atoms with van der Waals surface area (Å²) in [5.41, 5.74) is -0.671. The summed E-state index contributed by atoms with van der Waals surface area (Å²) >= 11 is 0. The third kappa shape index (κ3) is 5.95. The van der Waals surface area contributed by atoms with Gasteiger partial charge in [-0.1, -0.05) is 39.0 Å². The number of carbonyl (C=O) groups is 2. The summed E-state index contributed by atoms with van der Waals surface area (Å²) in [5, 5.41) is 11.4. The van der Waals surface area contributed by atoms with Crippen LogP contribution in [0.15, 0.2) is 47.2 Å². The summed E-state index contributed by atoms with van der Waals surface area (Å²) in [6.45, 7) is 5.56. The van der Waals surface area contributed by atoms with Gasteiger partial charge in [-0.3, -0.25) is 4.79 Å². The standard InChI is InChI=1S/C31H35F3N2O7/c1-30(2,3)22-24(29(38)39)36(28(37)21-10-5-6-12-41-21)23(20-9-7-8-17-11-13-42-25(17)20)26(22)43-16-18-14-19(31(32,33)34)15-35-27(18)40-4/h7-9,11,13-15,21-24,26H,5-6,10,12,16H2,1-4H3,(H,38,39)/t21-,22+,23-,24-,26-/m0/s1.